The van der Waals surface area contributed by atoms with E-state index in [9.17, 15) is 18.0 Å². The van der Waals surface area contributed by atoms with Crippen molar-refractivity contribution in [1.82, 2.24) is 15.2 Å². The normalized spacial score (nSPS) is 17.4. The van der Waals surface area contributed by atoms with Crippen molar-refractivity contribution in [1.29, 1.82) is 0 Å². The molecule has 0 spiro atoms. The van der Waals surface area contributed by atoms with Gasteiger partial charge in [-0.3, -0.25) is 14.7 Å². The second-order valence-electron chi connectivity index (χ2n) is 7.46. The van der Waals surface area contributed by atoms with Gasteiger partial charge in [0, 0.05) is 25.2 Å². The summed E-state index contributed by atoms with van der Waals surface area (Å²) in [4.78, 5) is 17.7. The summed E-state index contributed by atoms with van der Waals surface area (Å²) < 4.78 is 40.7. The SMILES string of the molecule is CC(=O)NCc1cnc([C@@H]2CCCN2CCCc2ccccc2)cc1C(F)(F)F. The third-order valence-electron chi connectivity index (χ3n) is 5.30. The van der Waals surface area contributed by atoms with Crippen molar-refractivity contribution in [2.45, 2.75) is 51.4 Å². The van der Waals surface area contributed by atoms with Crippen LogP contribution >= 0.6 is 0 Å². The average Bonchev–Trinajstić information content (AvgIpc) is 3.15. The zero-order valence-electron chi connectivity index (χ0n) is 16.5. The molecule has 4 nitrogen and oxygen atoms in total. The largest absolute Gasteiger partial charge is 0.416 e. The molecule has 156 valence electrons. The van der Waals surface area contributed by atoms with Crippen molar-refractivity contribution < 1.29 is 18.0 Å². The number of halogens is 3. The van der Waals surface area contributed by atoms with Crippen LogP contribution in [0, 0.1) is 0 Å². The summed E-state index contributed by atoms with van der Waals surface area (Å²) in [6.45, 7) is 2.80. The Hall–Kier alpha value is -2.41. The summed E-state index contributed by atoms with van der Waals surface area (Å²) in [5, 5.41) is 2.43. The maximum atomic E-state index is 13.6. The number of nitrogens with one attached hydrogen (secondary N) is 1. The lowest BCUT2D eigenvalue weighted by Crippen LogP contribution is -2.27. The highest BCUT2D eigenvalue weighted by Gasteiger charge is 2.36. The van der Waals surface area contributed by atoms with Crippen molar-refractivity contribution in [2.75, 3.05) is 13.1 Å². The van der Waals surface area contributed by atoms with Gasteiger partial charge < -0.3 is 5.32 Å². The molecule has 1 aliphatic rings. The van der Waals surface area contributed by atoms with Crippen LogP contribution in [0.25, 0.3) is 0 Å². The topological polar surface area (TPSA) is 45.2 Å². The molecule has 7 heteroatoms. The maximum absolute atomic E-state index is 13.6. The number of amides is 1. The first-order valence-corrected chi connectivity index (χ1v) is 9.93. The predicted molar refractivity (Wildman–Crippen MR) is 105 cm³/mol. The van der Waals surface area contributed by atoms with Crippen LogP contribution < -0.4 is 5.32 Å². The van der Waals surface area contributed by atoms with Crippen LogP contribution in [0.1, 0.15) is 54.6 Å². The van der Waals surface area contributed by atoms with Gasteiger partial charge in [0.05, 0.1) is 17.3 Å². The van der Waals surface area contributed by atoms with Crippen LogP contribution in [0.5, 0.6) is 0 Å². The van der Waals surface area contributed by atoms with E-state index >= 15 is 0 Å². The molecule has 0 bridgehead atoms. The van der Waals surface area contributed by atoms with E-state index in [4.69, 9.17) is 0 Å². The molecular weight excluding hydrogens is 379 g/mol. The van der Waals surface area contributed by atoms with Crippen molar-refractivity contribution in [3.05, 3.63) is 65.0 Å². The van der Waals surface area contributed by atoms with Gasteiger partial charge in [0.15, 0.2) is 0 Å². The minimum Gasteiger partial charge on any atom is -0.352 e. The summed E-state index contributed by atoms with van der Waals surface area (Å²) >= 11 is 0. The van der Waals surface area contributed by atoms with Crippen LogP contribution in [0.4, 0.5) is 13.2 Å². The Morgan fingerprint density at radius 2 is 2.03 bits per heavy atom. The Bertz CT molecular complexity index is 824. The summed E-state index contributed by atoms with van der Waals surface area (Å²) in [7, 11) is 0. The van der Waals surface area contributed by atoms with E-state index in [1.54, 1.807) is 0 Å². The molecule has 1 atom stereocenters. The number of carbonyl (C=O) groups is 1. The molecule has 1 aliphatic heterocycles. The number of aryl methyl sites for hydroxylation is 1. The molecule has 0 radical (unpaired) electrons. The summed E-state index contributed by atoms with van der Waals surface area (Å²) in [6, 6.07) is 11.3. The predicted octanol–water partition coefficient (Wildman–Crippen LogP) is 4.51. The van der Waals surface area contributed by atoms with Gasteiger partial charge in [-0.2, -0.15) is 13.2 Å². The van der Waals surface area contributed by atoms with E-state index in [0.29, 0.717) is 5.69 Å². The van der Waals surface area contributed by atoms with Crippen molar-refractivity contribution in [2.24, 2.45) is 0 Å². The van der Waals surface area contributed by atoms with Crippen LogP contribution in [-0.4, -0.2) is 28.9 Å². The fourth-order valence-corrected chi connectivity index (χ4v) is 3.87. The fraction of sp³-hybridized carbons (Fsp3) is 0.455. The standard InChI is InChI=1S/C22H26F3N3O/c1-16(29)26-14-18-15-27-20(13-19(18)22(23,24)25)21-10-6-12-28(21)11-5-9-17-7-3-2-4-8-17/h2-4,7-8,13,15,21H,5-6,9-12,14H2,1H3,(H,26,29)/t21-/m0/s1. The van der Waals surface area contributed by atoms with Crippen LogP contribution in [0.2, 0.25) is 0 Å². The third kappa shape index (κ3) is 5.79. The molecule has 2 aromatic rings. The van der Waals surface area contributed by atoms with E-state index in [-0.39, 0.29) is 24.1 Å². The first-order valence-electron chi connectivity index (χ1n) is 9.93. The van der Waals surface area contributed by atoms with E-state index in [0.717, 1.165) is 44.8 Å². The summed E-state index contributed by atoms with van der Waals surface area (Å²) in [5.74, 6) is -0.373. The molecule has 3 rings (SSSR count). The highest BCUT2D eigenvalue weighted by atomic mass is 19.4. The Labute approximate surface area is 169 Å². The maximum Gasteiger partial charge on any atom is 0.416 e. The highest BCUT2D eigenvalue weighted by Crippen LogP contribution is 2.36. The van der Waals surface area contributed by atoms with Crippen LogP contribution in [-0.2, 0) is 23.9 Å². The molecule has 1 fully saturated rings. The zero-order chi connectivity index (χ0) is 20.9. The van der Waals surface area contributed by atoms with Crippen molar-refractivity contribution >= 4 is 5.91 Å². The van der Waals surface area contributed by atoms with Crippen molar-refractivity contribution in [3.8, 4) is 0 Å². The number of hydrogen-bond donors (Lipinski definition) is 1. The number of hydrogen-bond acceptors (Lipinski definition) is 3. The second kappa shape index (κ2) is 9.39. The quantitative estimate of drug-likeness (QED) is 0.737. The van der Waals surface area contributed by atoms with Crippen LogP contribution in [0.15, 0.2) is 42.6 Å². The minimum absolute atomic E-state index is 0.00919. The molecule has 0 aliphatic carbocycles. The van der Waals surface area contributed by atoms with E-state index in [1.807, 2.05) is 18.2 Å². The molecule has 0 saturated carbocycles. The first-order chi connectivity index (χ1) is 13.8. The number of aromatic nitrogens is 1. The van der Waals surface area contributed by atoms with Gasteiger partial charge in [0.2, 0.25) is 5.91 Å². The lowest BCUT2D eigenvalue weighted by Gasteiger charge is -2.25. The van der Waals surface area contributed by atoms with Gasteiger partial charge in [-0.25, -0.2) is 0 Å². The van der Waals surface area contributed by atoms with Crippen molar-refractivity contribution in [3.63, 3.8) is 0 Å². The Morgan fingerprint density at radius 1 is 1.28 bits per heavy atom. The van der Waals surface area contributed by atoms with E-state index in [1.165, 1.54) is 18.7 Å². The molecular formula is C22H26F3N3O. The number of likely N-dealkylation sites (tertiary alicyclic amines) is 1. The molecule has 1 N–H and O–H groups in total. The van der Waals surface area contributed by atoms with E-state index < -0.39 is 11.7 Å². The summed E-state index contributed by atoms with van der Waals surface area (Å²) in [5.41, 5.74) is 1.00. The zero-order valence-corrected chi connectivity index (χ0v) is 16.5. The molecule has 1 aromatic carbocycles. The second-order valence-corrected chi connectivity index (χ2v) is 7.46. The fourth-order valence-electron chi connectivity index (χ4n) is 3.87. The highest BCUT2D eigenvalue weighted by molar-refractivity contribution is 5.72. The van der Waals surface area contributed by atoms with Gasteiger partial charge >= 0.3 is 6.18 Å². The Balaban J connectivity index is 1.71. The lowest BCUT2D eigenvalue weighted by molar-refractivity contribution is -0.138. The molecule has 29 heavy (non-hydrogen) atoms. The number of benzene rings is 1. The molecule has 2 heterocycles. The van der Waals surface area contributed by atoms with E-state index in [2.05, 4.69) is 27.3 Å². The Morgan fingerprint density at radius 3 is 2.72 bits per heavy atom. The molecule has 1 amide bonds. The third-order valence-corrected chi connectivity index (χ3v) is 5.30. The van der Waals surface area contributed by atoms with Gasteiger partial charge in [-0.15, -0.1) is 0 Å². The molecule has 1 saturated heterocycles. The monoisotopic (exact) mass is 405 g/mol. The molecule has 0 unspecified atom stereocenters. The van der Waals surface area contributed by atoms with Crippen LogP contribution in [0.3, 0.4) is 0 Å². The van der Waals surface area contributed by atoms with Gasteiger partial charge in [0.25, 0.3) is 0 Å². The minimum atomic E-state index is -4.48. The number of nitrogens with zero attached hydrogens (tertiary/aromatic N) is 2. The number of alkyl halides is 3. The lowest BCUT2D eigenvalue weighted by atomic mass is 10.0. The summed E-state index contributed by atoms with van der Waals surface area (Å²) in [6.07, 6.45) is 0.429. The number of rotatable bonds is 7. The first kappa shape index (κ1) is 21.3. The average molecular weight is 405 g/mol. The van der Waals surface area contributed by atoms with Gasteiger partial charge in [-0.1, -0.05) is 30.3 Å². The number of pyridine rings is 1. The smallest absolute Gasteiger partial charge is 0.352 e. The Kier molecular flexibility index (Phi) is 6.90. The number of carbonyl (C=O) groups excluding carboxylic acids is 1. The van der Waals surface area contributed by atoms with Gasteiger partial charge in [0.1, 0.15) is 0 Å². The van der Waals surface area contributed by atoms with Gasteiger partial charge in [-0.05, 0) is 50.4 Å². The molecule has 1 aromatic heterocycles.